The zero-order valence-electron chi connectivity index (χ0n) is 14.8. The summed E-state index contributed by atoms with van der Waals surface area (Å²) in [6.07, 6.45) is 4.30. The molecule has 1 aliphatic heterocycles. The first-order valence-electron chi connectivity index (χ1n) is 8.84. The maximum Gasteiger partial charge on any atom is 0.143 e. The average Bonchev–Trinajstić information content (AvgIpc) is 3.02. The molecule has 2 aromatic heterocycles. The Morgan fingerprint density at radius 2 is 2.04 bits per heavy atom. The van der Waals surface area contributed by atoms with Gasteiger partial charge in [-0.05, 0) is 38.2 Å². The van der Waals surface area contributed by atoms with Crippen molar-refractivity contribution < 1.29 is 4.74 Å². The number of anilines is 1. The molecule has 0 saturated carbocycles. The Hall–Kier alpha value is -2.53. The molecule has 0 N–H and O–H groups in total. The number of imidazole rings is 1. The van der Waals surface area contributed by atoms with Gasteiger partial charge in [-0.2, -0.15) is 0 Å². The van der Waals surface area contributed by atoms with E-state index in [4.69, 9.17) is 4.74 Å². The van der Waals surface area contributed by atoms with Gasteiger partial charge in [0.05, 0.1) is 17.9 Å². The molecule has 1 aromatic carbocycles. The van der Waals surface area contributed by atoms with Crippen LogP contribution in [-0.4, -0.2) is 47.1 Å². The zero-order valence-corrected chi connectivity index (χ0v) is 14.8. The Kier molecular flexibility index (Phi) is 4.32. The van der Waals surface area contributed by atoms with E-state index in [1.807, 2.05) is 30.5 Å². The minimum atomic E-state index is 0.164. The summed E-state index contributed by atoms with van der Waals surface area (Å²) in [5.74, 6) is 0.988. The van der Waals surface area contributed by atoms with E-state index in [1.165, 1.54) is 5.69 Å². The maximum absolute atomic E-state index is 6.22. The monoisotopic (exact) mass is 336 g/mol. The summed E-state index contributed by atoms with van der Waals surface area (Å²) in [4.78, 5) is 9.36. The molecule has 0 saturated heterocycles. The van der Waals surface area contributed by atoms with Crippen molar-refractivity contribution in [1.29, 1.82) is 0 Å². The minimum Gasteiger partial charge on any atom is -0.485 e. The summed E-state index contributed by atoms with van der Waals surface area (Å²) >= 11 is 0. The molecule has 3 heterocycles. The number of aromatic nitrogens is 2. The van der Waals surface area contributed by atoms with Gasteiger partial charge in [0, 0.05) is 32.0 Å². The lowest BCUT2D eigenvalue weighted by Crippen LogP contribution is -2.45. The van der Waals surface area contributed by atoms with Crippen molar-refractivity contribution in [1.82, 2.24) is 14.3 Å². The fraction of sp³-hybridized carbons (Fsp3) is 0.350. The van der Waals surface area contributed by atoms with Crippen molar-refractivity contribution >= 4 is 11.3 Å². The van der Waals surface area contributed by atoms with Crippen molar-refractivity contribution in [2.75, 3.05) is 31.6 Å². The largest absolute Gasteiger partial charge is 0.485 e. The molecule has 0 amide bonds. The van der Waals surface area contributed by atoms with Crippen LogP contribution in [0.15, 0.2) is 54.9 Å². The molecule has 0 radical (unpaired) electrons. The van der Waals surface area contributed by atoms with Crippen LogP contribution in [0.2, 0.25) is 0 Å². The lowest BCUT2D eigenvalue weighted by Gasteiger charge is -2.37. The Morgan fingerprint density at radius 1 is 1.20 bits per heavy atom. The molecule has 1 aliphatic rings. The van der Waals surface area contributed by atoms with Crippen LogP contribution in [0.4, 0.5) is 5.69 Å². The molecule has 25 heavy (non-hydrogen) atoms. The number of fused-ring (bicyclic) bond motifs is 2. The standard InChI is InChI=1S/C20H24N4O/c1-3-23-15-17(25-19-9-5-4-8-18(19)23)14-22(2)12-16-13-24-11-7-6-10-20(24)21-16/h4-11,13,17H,3,12,14-15H2,1-2H3. The van der Waals surface area contributed by atoms with Crippen molar-refractivity contribution in [2.24, 2.45) is 0 Å². The van der Waals surface area contributed by atoms with Gasteiger partial charge < -0.3 is 14.0 Å². The lowest BCUT2D eigenvalue weighted by molar-refractivity contribution is 0.139. The molecule has 1 atom stereocenters. The number of pyridine rings is 1. The fourth-order valence-corrected chi connectivity index (χ4v) is 3.53. The number of para-hydroxylation sites is 2. The number of ether oxygens (including phenoxy) is 1. The van der Waals surface area contributed by atoms with Gasteiger partial charge in [-0.3, -0.25) is 4.90 Å². The minimum absolute atomic E-state index is 0.164. The molecule has 0 fully saturated rings. The lowest BCUT2D eigenvalue weighted by atomic mass is 10.2. The average molecular weight is 336 g/mol. The summed E-state index contributed by atoms with van der Waals surface area (Å²) < 4.78 is 8.29. The van der Waals surface area contributed by atoms with Crippen LogP contribution in [0.5, 0.6) is 5.75 Å². The number of likely N-dealkylation sites (N-methyl/N-ethyl adjacent to an activating group) is 2. The van der Waals surface area contributed by atoms with Gasteiger partial charge in [-0.15, -0.1) is 0 Å². The number of hydrogen-bond acceptors (Lipinski definition) is 4. The Bertz CT molecular complexity index is 827. The molecule has 4 rings (SSSR count). The summed E-state index contributed by atoms with van der Waals surface area (Å²) in [5, 5.41) is 0. The second-order valence-electron chi connectivity index (χ2n) is 6.64. The van der Waals surface area contributed by atoms with Crippen LogP contribution >= 0.6 is 0 Å². The van der Waals surface area contributed by atoms with Crippen LogP contribution < -0.4 is 9.64 Å². The Morgan fingerprint density at radius 3 is 2.88 bits per heavy atom. The van der Waals surface area contributed by atoms with E-state index >= 15 is 0 Å². The highest BCUT2D eigenvalue weighted by atomic mass is 16.5. The predicted molar refractivity (Wildman–Crippen MR) is 100 cm³/mol. The molecule has 130 valence electrons. The van der Waals surface area contributed by atoms with E-state index in [1.54, 1.807) is 0 Å². The number of nitrogens with zero attached hydrogens (tertiary/aromatic N) is 4. The zero-order chi connectivity index (χ0) is 17.2. The van der Waals surface area contributed by atoms with E-state index in [0.29, 0.717) is 0 Å². The van der Waals surface area contributed by atoms with Crippen molar-refractivity contribution in [3.8, 4) is 5.75 Å². The SMILES string of the molecule is CCN1CC(CN(C)Cc2cn3ccccc3n2)Oc2ccccc21. The predicted octanol–water partition coefficient (Wildman–Crippen LogP) is 3.05. The first-order chi connectivity index (χ1) is 12.2. The normalized spacial score (nSPS) is 16.9. The van der Waals surface area contributed by atoms with Crippen LogP contribution in [0, 0.1) is 0 Å². The van der Waals surface area contributed by atoms with Gasteiger partial charge >= 0.3 is 0 Å². The van der Waals surface area contributed by atoms with Gasteiger partial charge in [-0.1, -0.05) is 18.2 Å². The number of rotatable bonds is 5. The molecule has 5 nitrogen and oxygen atoms in total. The van der Waals surface area contributed by atoms with Gasteiger partial charge in [0.1, 0.15) is 17.5 Å². The van der Waals surface area contributed by atoms with Crippen LogP contribution in [0.25, 0.3) is 5.65 Å². The smallest absolute Gasteiger partial charge is 0.143 e. The highest BCUT2D eigenvalue weighted by Crippen LogP contribution is 2.32. The number of hydrogen-bond donors (Lipinski definition) is 0. The molecule has 3 aromatic rings. The molecule has 1 unspecified atom stereocenters. The van der Waals surface area contributed by atoms with Crippen molar-refractivity contribution in [2.45, 2.75) is 19.6 Å². The third-order valence-electron chi connectivity index (χ3n) is 4.67. The molecular weight excluding hydrogens is 312 g/mol. The summed E-state index contributed by atoms with van der Waals surface area (Å²) in [6.45, 7) is 5.80. The third kappa shape index (κ3) is 3.33. The van der Waals surface area contributed by atoms with Crippen molar-refractivity contribution in [3.63, 3.8) is 0 Å². The molecule has 0 spiro atoms. The van der Waals surface area contributed by atoms with Gasteiger partial charge in [-0.25, -0.2) is 4.98 Å². The second kappa shape index (κ2) is 6.76. The van der Waals surface area contributed by atoms with E-state index < -0.39 is 0 Å². The van der Waals surface area contributed by atoms with E-state index in [-0.39, 0.29) is 6.10 Å². The topological polar surface area (TPSA) is 33.0 Å². The van der Waals surface area contributed by atoms with E-state index in [2.05, 4.69) is 57.6 Å². The van der Waals surface area contributed by atoms with Gasteiger partial charge in [0.15, 0.2) is 0 Å². The molecule has 0 bridgehead atoms. The fourth-order valence-electron chi connectivity index (χ4n) is 3.53. The number of benzene rings is 1. The highest BCUT2D eigenvalue weighted by molar-refractivity contribution is 5.60. The summed E-state index contributed by atoms with van der Waals surface area (Å²) in [5.41, 5.74) is 3.27. The molecule has 0 aliphatic carbocycles. The maximum atomic E-state index is 6.22. The summed E-state index contributed by atoms with van der Waals surface area (Å²) in [6, 6.07) is 14.4. The first kappa shape index (κ1) is 16.0. The molecule has 5 heteroatoms. The quantitative estimate of drug-likeness (QED) is 0.717. The van der Waals surface area contributed by atoms with Crippen LogP contribution in [0.3, 0.4) is 0 Å². The first-order valence-corrected chi connectivity index (χ1v) is 8.84. The van der Waals surface area contributed by atoms with Gasteiger partial charge in [0.2, 0.25) is 0 Å². The molecular formula is C20H24N4O. The second-order valence-corrected chi connectivity index (χ2v) is 6.64. The van der Waals surface area contributed by atoms with Crippen LogP contribution in [-0.2, 0) is 6.54 Å². The highest BCUT2D eigenvalue weighted by Gasteiger charge is 2.25. The third-order valence-corrected chi connectivity index (χ3v) is 4.67. The van der Waals surface area contributed by atoms with Crippen molar-refractivity contribution in [3.05, 3.63) is 60.6 Å². The van der Waals surface area contributed by atoms with Gasteiger partial charge in [0.25, 0.3) is 0 Å². The Balaban J connectivity index is 1.43. The summed E-state index contributed by atoms with van der Waals surface area (Å²) in [7, 11) is 2.13. The Labute approximate surface area is 148 Å². The van der Waals surface area contributed by atoms with E-state index in [0.717, 1.165) is 43.3 Å². The van der Waals surface area contributed by atoms with Crippen LogP contribution in [0.1, 0.15) is 12.6 Å². The van der Waals surface area contributed by atoms with E-state index in [9.17, 15) is 0 Å².